The Morgan fingerprint density at radius 1 is 1.07 bits per heavy atom. The molecular weight excluding hydrogens is 447 g/mol. The number of urea groups is 1. The third-order valence-electron chi connectivity index (χ3n) is 3.82. The number of halogens is 2. The highest BCUT2D eigenvalue weighted by atomic mass is 35.5. The van der Waals surface area contributed by atoms with Crippen LogP contribution >= 0.6 is 35.0 Å². The molecule has 4 N–H and O–H groups in total. The van der Waals surface area contributed by atoms with Crippen molar-refractivity contribution in [3.05, 3.63) is 52.9 Å². The summed E-state index contributed by atoms with van der Waals surface area (Å²) >= 11 is 13.4. The summed E-state index contributed by atoms with van der Waals surface area (Å²) in [6, 6.07) is 9.85. The Balaban J connectivity index is 1.72. The standard InChI is InChI=1S/C19H18Cl2N6O2S/c1-30-15-16(21)26-17(27-18(15)22-8-9-28)11-2-4-12(5-3-11)24-19(29)25-13-6-7-14(20)23-10-13/h2-7,10,28H,8-9H2,1H3,(H,22,26,27)(H2,24,25,29). The van der Waals surface area contributed by atoms with E-state index >= 15 is 0 Å². The zero-order valence-corrected chi connectivity index (χ0v) is 18.1. The van der Waals surface area contributed by atoms with Gasteiger partial charge in [-0.25, -0.2) is 19.7 Å². The van der Waals surface area contributed by atoms with Gasteiger partial charge < -0.3 is 21.1 Å². The second-order valence-corrected chi connectivity index (χ2v) is 7.46. The minimum absolute atomic E-state index is 0.0285. The molecule has 2 heterocycles. The molecule has 0 aliphatic heterocycles. The van der Waals surface area contributed by atoms with Crippen molar-refractivity contribution < 1.29 is 9.90 Å². The molecule has 11 heteroatoms. The first-order valence-corrected chi connectivity index (χ1v) is 10.7. The zero-order chi connectivity index (χ0) is 21.5. The highest BCUT2D eigenvalue weighted by molar-refractivity contribution is 7.98. The number of hydrogen-bond acceptors (Lipinski definition) is 7. The fourth-order valence-electron chi connectivity index (χ4n) is 2.47. The predicted octanol–water partition coefficient (Wildman–Crippen LogP) is 4.62. The SMILES string of the molecule is CSc1c(Cl)nc(-c2ccc(NC(=O)Nc3ccc(Cl)nc3)cc2)nc1NCCO. The molecule has 0 spiro atoms. The molecule has 0 fully saturated rings. The minimum atomic E-state index is -0.411. The number of carbonyl (C=O) groups is 1. The molecule has 0 aliphatic rings. The van der Waals surface area contributed by atoms with Gasteiger partial charge in [0.1, 0.15) is 16.1 Å². The van der Waals surface area contributed by atoms with Crippen LogP contribution in [0.4, 0.5) is 22.0 Å². The highest BCUT2D eigenvalue weighted by Crippen LogP contribution is 2.32. The molecule has 0 saturated carbocycles. The smallest absolute Gasteiger partial charge is 0.323 e. The number of aliphatic hydroxyl groups is 1. The van der Waals surface area contributed by atoms with Crippen molar-refractivity contribution in [1.82, 2.24) is 15.0 Å². The third-order valence-corrected chi connectivity index (χ3v) is 5.22. The molecule has 3 rings (SSSR count). The summed E-state index contributed by atoms with van der Waals surface area (Å²) in [7, 11) is 0. The van der Waals surface area contributed by atoms with Crippen molar-refractivity contribution >= 4 is 58.2 Å². The number of pyridine rings is 1. The fraction of sp³-hybridized carbons (Fsp3) is 0.158. The van der Waals surface area contributed by atoms with Gasteiger partial charge in [-0.05, 0) is 42.7 Å². The summed E-state index contributed by atoms with van der Waals surface area (Å²) in [5.41, 5.74) is 1.83. The van der Waals surface area contributed by atoms with E-state index in [9.17, 15) is 4.79 Å². The maximum Gasteiger partial charge on any atom is 0.323 e. The second-order valence-electron chi connectivity index (χ2n) is 5.90. The van der Waals surface area contributed by atoms with Crippen LogP contribution in [0.15, 0.2) is 47.5 Å². The first-order valence-electron chi connectivity index (χ1n) is 8.76. The molecule has 3 aromatic rings. The van der Waals surface area contributed by atoms with Crippen LogP contribution in [0, 0.1) is 0 Å². The number of nitrogens with one attached hydrogen (secondary N) is 3. The number of aromatic nitrogens is 3. The van der Waals surface area contributed by atoms with E-state index in [1.54, 1.807) is 36.4 Å². The van der Waals surface area contributed by atoms with Crippen LogP contribution in [0.3, 0.4) is 0 Å². The molecule has 156 valence electrons. The van der Waals surface area contributed by atoms with E-state index in [1.165, 1.54) is 18.0 Å². The Hall–Kier alpha value is -2.59. The molecule has 0 radical (unpaired) electrons. The quantitative estimate of drug-likeness (QED) is 0.229. The third kappa shape index (κ3) is 5.73. The number of thioether (sulfide) groups is 1. The monoisotopic (exact) mass is 464 g/mol. The lowest BCUT2D eigenvalue weighted by Crippen LogP contribution is -2.19. The first kappa shape index (κ1) is 22.1. The van der Waals surface area contributed by atoms with Crippen LogP contribution in [0.2, 0.25) is 10.3 Å². The fourth-order valence-corrected chi connectivity index (χ4v) is 3.51. The maximum absolute atomic E-state index is 12.1. The topological polar surface area (TPSA) is 112 Å². The van der Waals surface area contributed by atoms with Crippen LogP contribution < -0.4 is 16.0 Å². The van der Waals surface area contributed by atoms with E-state index < -0.39 is 6.03 Å². The van der Waals surface area contributed by atoms with Gasteiger partial charge in [0.15, 0.2) is 5.82 Å². The number of hydrogen-bond donors (Lipinski definition) is 4. The Labute approximate surface area is 187 Å². The van der Waals surface area contributed by atoms with Crippen molar-refractivity contribution in [2.24, 2.45) is 0 Å². The van der Waals surface area contributed by atoms with Crippen molar-refractivity contribution in [3.8, 4) is 11.4 Å². The Kier molecular flexibility index (Phi) is 7.69. The van der Waals surface area contributed by atoms with Gasteiger partial charge in [0.05, 0.1) is 23.4 Å². The lowest BCUT2D eigenvalue weighted by atomic mass is 10.2. The van der Waals surface area contributed by atoms with Crippen LogP contribution in [-0.4, -0.2) is 45.5 Å². The molecule has 1 aromatic carbocycles. The van der Waals surface area contributed by atoms with Crippen LogP contribution in [-0.2, 0) is 0 Å². The van der Waals surface area contributed by atoms with Gasteiger partial charge in [0, 0.05) is 17.8 Å². The molecular formula is C19H18Cl2N6O2S. The van der Waals surface area contributed by atoms with Crippen LogP contribution in [0.1, 0.15) is 0 Å². The lowest BCUT2D eigenvalue weighted by molar-refractivity contribution is 0.262. The molecule has 0 bridgehead atoms. The molecule has 8 nitrogen and oxygen atoms in total. The number of rotatable bonds is 7. The van der Waals surface area contributed by atoms with E-state index in [4.69, 9.17) is 28.3 Å². The first-order chi connectivity index (χ1) is 14.5. The van der Waals surface area contributed by atoms with E-state index in [1.807, 2.05) is 6.26 Å². The summed E-state index contributed by atoms with van der Waals surface area (Å²) < 4.78 is 0. The maximum atomic E-state index is 12.1. The van der Waals surface area contributed by atoms with E-state index in [2.05, 4.69) is 30.9 Å². The van der Waals surface area contributed by atoms with E-state index in [0.29, 0.717) is 44.8 Å². The number of nitrogens with zero attached hydrogens (tertiary/aromatic N) is 3. The second kappa shape index (κ2) is 10.4. The number of anilines is 3. The Morgan fingerprint density at radius 2 is 1.77 bits per heavy atom. The number of carbonyl (C=O) groups excluding carboxylic acids is 1. The van der Waals surface area contributed by atoms with Crippen molar-refractivity contribution in [1.29, 1.82) is 0 Å². The molecule has 0 saturated heterocycles. The zero-order valence-electron chi connectivity index (χ0n) is 15.8. The van der Waals surface area contributed by atoms with Gasteiger partial charge in [0.2, 0.25) is 0 Å². The van der Waals surface area contributed by atoms with Gasteiger partial charge in [-0.3, -0.25) is 0 Å². The van der Waals surface area contributed by atoms with Crippen molar-refractivity contribution in [2.75, 3.05) is 35.4 Å². The average Bonchev–Trinajstić information content (AvgIpc) is 2.74. The lowest BCUT2D eigenvalue weighted by Gasteiger charge is -2.12. The summed E-state index contributed by atoms with van der Waals surface area (Å²) in [5, 5.41) is 18.2. The summed E-state index contributed by atoms with van der Waals surface area (Å²) in [6.07, 6.45) is 3.34. The van der Waals surface area contributed by atoms with Crippen molar-refractivity contribution in [3.63, 3.8) is 0 Å². The van der Waals surface area contributed by atoms with Gasteiger partial charge >= 0.3 is 6.03 Å². The van der Waals surface area contributed by atoms with E-state index in [0.717, 1.165) is 5.56 Å². The van der Waals surface area contributed by atoms with Gasteiger partial charge in [-0.15, -0.1) is 11.8 Å². The predicted molar refractivity (Wildman–Crippen MR) is 122 cm³/mol. The van der Waals surface area contributed by atoms with Crippen LogP contribution in [0.25, 0.3) is 11.4 Å². The van der Waals surface area contributed by atoms with Gasteiger partial charge in [-0.1, -0.05) is 23.2 Å². The van der Waals surface area contributed by atoms with Crippen molar-refractivity contribution in [2.45, 2.75) is 4.90 Å². The number of amides is 2. The Bertz CT molecular complexity index is 1020. The minimum Gasteiger partial charge on any atom is -0.395 e. The normalized spacial score (nSPS) is 10.5. The molecule has 0 unspecified atom stereocenters. The molecule has 2 aromatic heterocycles. The van der Waals surface area contributed by atoms with Gasteiger partial charge in [-0.2, -0.15) is 0 Å². The van der Waals surface area contributed by atoms with Gasteiger partial charge in [0.25, 0.3) is 0 Å². The molecule has 30 heavy (non-hydrogen) atoms. The number of aliphatic hydroxyl groups excluding tert-OH is 1. The molecule has 0 aliphatic carbocycles. The summed E-state index contributed by atoms with van der Waals surface area (Å²) in [5.74, 6) is 0.992. The summed E-state index contributed by atoms with van der Waals surface area (Å²) in [6.45, 7) is 0.320. The van der Waals surface area contributed by atoms with Crippen LogP contribution in [0.5, 0.6) is 0 Å². The van der Waals surface area contributed by atoms with E-state index in [-0.39, 0.29) is 6.61 Å². The highest BCUT2D eigenvalue weighted by Gasteiger charge is 2.14. The molecule has 0 atom stereocenters. The molecule has 2 amide bonds. The largest absolute Gasteiger partial charge is 0.395 e. The summed E-state index contributed by atoms with van der Waals surface area (Å²) in [4.78, 5) is 25.6. The Morgan fingerprint density at radius 3 is 2.40 bits per heavy atom. The average molecular weight is 465 g/mol. The number of benzene rings is 1.